The normalized spacial score (nSPS) is 9.86. The Bertz CT molecular complexity index is 282. The van der Waals surface area contributed by atoms with Crippen LogP contribution >= 0.6 is 0 Å². The largest absolute Gasteiger partial charge is 0.395 e. The van der Waals surface area contributed by atoms with E-state index in [2.05, 4.69) is 11.5 Å². The van der Waals surface area contributed by atoms with Gasteiger partial charge in [0.15, 0.2) is 0 Å². The molecule has 0 saturated heterocycles. The Labute approximate surface area is 85.5 Å². The first-order valence-corrected chi connectivity index (χ1v) is 4.79. The molecule has 0 fully saturated rings. The zero-order valence-corrected chi connectivity index (χ0v) is 8.61. The highest BCUT2D eigenvalue weighted by atomic mass is 16.3. The molecule has 0 aliphatic rings. The fourth-order valence-electron chi connectivity index (χ4n) is 1.38. The van der Waals surface area contributed by atoms with Crippen molar-refractivity contribution in [3.8, 4) is 0 Å². The number of benzene rings is 1. The van der Waals surface area contributed by atoms with Crippen LogP contribution in [-0.4, -0.2) is 24.8 Å². The van der Waals surface area contributed by atoms with Gasteiger partial charge in [-0.1, -0.05) is 30.4 Å². The molecule has 0 bridgehead atoms. The summed E-state index contributed by atoms with van der Waals surface area (Å²) in [7, 11) is 0. The first-order valence-electron chi connectivity index (χ1n) is 4.79. The van der Waals surface area contributed by atoms with Gasteiger partial charge in [0.2, 0.25) is 0 Å². The van der Waals surface area contributed by atoms with E-state index in [-0.39, 0.29) is 6.61 Å². The molecule has 2 heteroatoms. The summed E-state index contributed by atoms with van der Waals surface area (Å²) in [6.45, 7) is 7.49. The summed E-state index contributed by atoms with van der Waals surface area (Å²) < 4.78 is 0. The maximum atomic E-state index is 8.94. The topological polar surface area (TPSA) is 23.5 Å². The number of hydrogen-bond donors (Lipinski definition) is 1. The summed E-state index contributed by atoms with van der Waals surface area (Å²) in [5.74, 6) is 0. The number of anilines is 1. The van der Waals surface area contributed by atoms with E-state index >= 15 is 0 Å². The predicted molar refractivity (Wildman–Crippen MR) is 60.6 cm³/mol. The Morgan fingerprint density at radius 3 is 2.50 bits per heavy atom. The average molecular weight is 191 g/mol. The van der Waals surface area contributed by atoms with Crippen molar-refractivity contribution >= 4 is 5.69 Å². The van der Waals surface area contributed by atoms with Crippen molar-refractivity contribution in [3.63, 3.8) is 0 Å². The van der Waals surface area contributed by atoms with E-state index in [1.165, 1.54) is 0 Å². The fourth-order valence-corrected chi connectivity index (χ4v) is 1.38. The number of rotatable bonds is 5. The number of nitrogens with zero attached hydrogens (tertiary/aromatic N) is 1. The smallest absolute Gasteiger partial charge is 0.0606 e. The summed E-state index contributed by atoms with van der Waals surface area (Å²) in [6, 6.07) is 10.1. The van der Waals surface area contributed by atoms with Crippen LogP contribution in [0.5, 0.6) is 0 Å². The lowest BCUT2D eigenvalue weighted by Gasteiger charge is -2.23. The molecule has 0 amide bonds. The highest BCUT2D eigenvalue weighted by Crippen LogP contribution is 2.13. The van der Waals surface area contributed by atoms with Gasteiger partial charge in [-0.25, -0.2) is 0 Å². The maximum absolute atomic E-state index is 8.94. The van der Waals surface area contributed by atoms with Crippen molar-refractivity contribution in [2.75, 3.05) is 24.6 Å². The van der Waals surface area contributed by atoms with Crippen molar-refractivity contribution in [2.45, 2.75) is 6.92 Å². The summed E-state index contributed by atoms with van der Waals surface area (Å²) in [4.78, 5) is 2.11. The van der Waals surface area contributed by atoms with E-state index in [1.807, 2.05) is 37.3 Å². The Hall–Kier alpha value is -1.28. The second-order valence-electron chi connectivity index (χ2n) is 3.44. The molecule has 1 aromatic rings. The number of aliphatic hydroxyl groups is 1. The molecule has 0 spiro atoms. The molecule has 1 rings (SSSR count). The van der Waals surface area contributed by atoms with E-state index in [1.54, 1.807) is 0 Å². The van der Waals surface area contributed by atoms with Gasteiger partial charge in [-0.05, 0) is 19.1 Å². The second-order valence-corrected chi connectivity index (χ2v) is 3.44. The van der Waals surface area contributed by atoms with Gasteiger partial charge in [-0.2, -0.15) is 0 Å². The Morgan fingerprint density at radius 1 is 1.36 bits per heavy atom. The molecule has 14 heavy (non-hydrogen) atoms. The van der Waals surface area contributed by atoms with Gasteiger partial charge in [0.1, 0.15) is 0 Å². The van der Waals surface area contributed by atoms with Gasteiger partial charge in [-0.15, -0.1) is 0 Å². The van der Waals surface area contributed by atoms with Gasteiger partial charge < -0.3 is 10.0 Å². The average Bonchev–Trinajstić information content (AvgIpc) is 2.18. The van der Waals surface area contributed by atoms with Gasteiger partial charge in [-0.3, -0.25) is 0 Å². The molecular formula is C12H17NO. The molecule has 1 aromatic carbocycles. The van der Waals surface area contributed by atoms with E-state index in [9.17, 15) is 0 Å². The molecule has 1 N–H and O–H groups in total. The number of hydrogen-bond acceptors (Lipinski definition) is 2. The third-order valence-electron chi connectivity index (χ3n) is 1.95. The van der Waals surface area contributed by atoms with Crippen molar-refractivity contribution < 1.29 is 5.11 Å². The van der Waals surface area contributed by atoms with Crippen molar-refractivity contribution in [3.05, 3.63) is 42.5 Å². The van der Waals surface area contributed by atoms with Crippen LogP contribution in [0.15, 0.2) is 42.5 Å². The highest BCUT2D eigenvalue weighted by Gasteiger charge is 2.04. The minimum Gasteiger partial charge on any atom is -0.395 e. The zero-order valence-electron chi connectivity index (χ0n) is 8.61. The first-order chi connectivity index (χ1) is 6.74. The summed E-state index contributed by atoms with van der Waals surface area (Å²) >= 11 is 0. The minimum absolute atomic E-state index is 0.169. The van der Waals surface area contributed by atoms with Crippen LogP contribution in [0.25, 0.3) is 0 Å². The van der Waals surface area contributed by atoms with Gasteiger partial charge >= 0.3 is 0 Å². The second kappa shape index (κ2) is 5.45. The van der Waals surface area contributed by atoms with Gasteiger partial charge in [0, 0.05) is 18.8 Å². The summed E-state index contributed by atoms with van der Waals surface area (Å²) in [6.07, 6.45) is 0. The summed E-state index contributed by atoms with van der Waals surface area (Å²) in [5, 5.41) is 8.94. The Balaban J connectivity index is 2.72. The highest BCUT2D eigenvalue weighted by molar-refractivity contribution is 5.47. The van der Waals surface area contributed by atoms with Crippen molar-refractivity contribution in [2.24, 2.45) is 0 Å². The van der Waals surface area contributed by atoms with Crippen molar-refractivity contribution in [1.29, 1.82) is 0 Å². The molecule has 0 radical (unpaired) electrons. The standard InChI is InChI=1S/C12H17NO/c1-11(2)10-13(8-9-14)12-6-4-3-5-7-12/h3-7,14H,1,8-10H2,2H3. The van der Waals surface area contributed by atoms with Crippen LogP contribution in [-0.2, 0) is 0 Å². The quantitative estimate of drug-likeness (QED) is 0.720. The SMILES string of the molecule is C=C(C)CN(CCO)c1ccccc1. The van der Waals surface area contributed by atoms with Gasteiger partial charge in [0.05, 0.1) is 6.61 Å². The lowest BCUT2D eigenvalue weighted by molar-refractivity contribution is 0.303. The first kappa shape index (κ1) is 10.8. The van der Waals surface area contributed by atoms with Crippen molar-refractivity contribution in [1.82, 2.24) is 0 Å². The molecule has 76 valence electrons. The Kier molecular flexibility index (Phi) is 4.20. The molecule has 0 heterocycles. The van der Waals surface area contributed by atoms with E-state index in [0.29, 0.717) is 6.54 Å². The third-order valence-corrected chi connectivity index (χ3v) is 1.95. The molecule has 0 aliphatic carbocycles. The van der Waals surface area contributed by atoms with E-state index < -0.39 is 0 Å². The van der Waals surface area contributed by atoms with E-state index in [0.717, 1.165) is 17.8 Å². The molecule has 0 unspecified atom stereocenters. The fraction of sp³-hybridized carbons (Fsp3) is 0.333. The van der Waals surface area contributed by atoms with Crippen LogP contribution in [0.2, 0.25) is 0 Å². The molecule has 2 nitrogen and oxygen atoms in total. The zero-order chi connectivity index (χ0) is 10.4. The lowest BCUT2D eigenvalue weighted by Crippen LogP contribution is -2.28. The maximum Gasteiger partial charge on any atom is 0.0606 e. The molecule has 0 aliphatic heterocycles. The van der Waals surface area contributed by atoms with Crippen LogP contribution in [0, 0.1) is 0 Å². The third kappa shape index (κ3) is 3.23. The van der Waals surface area contributed by atoms with Gasteiger partial charge in [0.25, 0.3) is 0 Å². The predicted octanol–water partition coefficient (Wildman–Crippen LogP) is 2.06. The molecule has 0 aromatic heterocycles. The molecule has 0 atom stereocenters. The molecular weight excluding hydrogens is 174 g/mol. The van der Waals surface area contributed by atoms with Crippen LogP contribution in [0.3, 0.4) is 0 Å². The van der Waals surface area contributed by atoms with Crippen LogP contribution in [0.1, 0.15) is 6.92 Å². The summed E-state index contributed by atoms with van der Waals surface area (Å²) in [5.41, 5.74) is 2.23. The Morgan fingerprint density at radius 2 is 2.00 bits per heavy atom. The van der Waals surface area contributed by atoms with Crippen LogP contribution in [0.4, 0.5) is 5.69 Å². The number of para-hydroxylation sites is 1. The van der Waals surface area contributed by atoms with Crippen LogP contribution < -0.4 is 4.90 Å². The number of aliphatic hydroxyl groups excluding tert-OH is 1. The molecule has 0 saturated carbocycles. The monoisotopic (exact) mass is 191 g/mol. The lowest BCUT2D eigenvalue weighted by atomic mass is 10.2. The minimum atomic E-state index is 0.169. The van der Waals surface area contributed by atoms with E-state index in [4.69, 9.17) is 5.11 Å².